The molecule has 0 aliphatic carbocycles. The average Bonchev–Trinajstić information content (AvgIpc) is 2.44. The predicted octanol–water partition coefficient (Wildman–Crippen LogP) is 3.90. The molecular formula is C11H12F3IN4O4S. The Balaban J connectivity index is 0.00000529. The number of nitrogens with zero attached hydrogens (tertiary/aromatic N) is 3. The molecule has 1 aromatic carbocycles. The Kier molecular flexibility index (Phi) is 7.88. The summed E-state index contributed by atoms with van der Waals surface area (Å²) < 4.78 is 38.3. The van der Waals surface area contributed by atoms with E-state index in [1.807, 2.05) is 0 Å². The number of hydrogen-bond donors (Lipinski definition) is 2. The SMILES string of the molecule is CN=C(S)C(C)Nc1c([N+](=O)[O-])cc(C(F)(F)F)cc1[N+](=O)[O-].I. The summed E-state index contributed by atoms with van der Waals surface area (Å²) in [5.41, 5.74) is -4.24. The zero-order valence-corrected chi connectivity index (χ0v) is 15.4. The molecule has 0 bridgehead atoms. The van der Waals surface area contributed by atoms with E-state index in [4.69, 9.17) is 0 Å². The molecule has 24 heavy (non-hydrogen) atoms. The van der Waals surface area contributed by atoms with Crippen molar-refractivity contribution in [2.24, 2.45) is 4.99 Å². The molecule has 8 nitrogen and oxygen atoms in total. The van der Waals surface area contributed by atoms with E-state index in [0.717, 1.165) is 0 Å². The maximum absolute atomic E-state index is 12.8. The second kappa shape index (κ2) is 8.46. The van der Waals surface area contributed by atoms with Crippen LogP contribution in [0.15, 0.2) is 17.1 Å². The number of thiol groups is 1. The molecule has 1 unspecified atom stereocenters. The van der Waals surface area contributed by atoms with Crippen LogP contribution in [0, 0.1) is 20.2 Å². The summed E-state index contributed by atoms with van der Waals surface area (Å²) in [4.78, 5) is 23.5. The van der Waals surface area contributed by atoms with Crippen molar-refractivity contribution in [2.75, 3.05) is 12.4 Å². The van der Waals surface area contributed by atoms with Gasteiger partial charge in [-0.3, -0.25) is 25.2 Å². The number of nitro groups is 2. The molecule has 1 atom stereocenters. The maximum atomic E-state index is 12.8. The zero-order valence-electron chi connectivity index (χ0n) is 12.2. The number of hydrogen-bond acceptors (Lipinski definition) is 6. The van der Waals surface area contributed by atoms with Gasteiger partial charge in [-0.2, -0.15) is 13.2 Å². The Morgan fingerprint density at radius 3 is 1.96 bits per heavy atom. The first-order valence-electron chi connectivity index (χ1n) is 5.95. The highest BCUT2D eigenvalue weighted by molar-refractivity contribution is 14.0. The van der Waals surface area contributed by atoms with E-state index in [0.29, 0.717) is 0 Å². The van der Waals surface area contributed by atoms with Gasteiger partial charge in [0.1, 0.15) is 0 Å². The quantitative estimate of drug-likeness (QED) is 0.166. The first-order valence-corrected chi connectivity index (χ1v) is 6.40. The molecule has 0 radical (unpaired) electrons. The Labute approximate surface area is 156 Å². The van der Waals surface area contributed by atoms with Crippen molar-refractivity contribution >= 4 is 58.7 Å². The first-order chi connectivity index (χ1) is 10.5. The van der Waals surface area contributed by atoms with Crippen LogP contribution in [0.4, 0.5) is 30.2 Å². The molecule has 0 aromatic heterocycles. The molecule has 0 aliphatic rings. The predicted molar refractivity (Wildman–Crippen MR) is 95.6 cm³/mol. The second-order valence-electron chi connectivity index (χ2n) is 4.35. The Bertz CT molecular complexity index is 649. The molecule has 0 heterocycles. The van der Waals surface area contributed by atoms with Gasteiger partial charge in [-0.25, -0.2) is 0 Å². The average molecular weight is 480 g/mol. The maximum Gasteiger partial charge on any atom is 0.416 e. The fraction of sp³-hybridized carbons (Fsp3) is 0.364. The fourth-order valence-electron chi connectivity index (χ4n) is 1.69. The summed E-state index contributed by atoms with van der Waals surface area (Å²) in [5.74, 6) is 0. The number of benzene rings is 1. The van der Waals surface area contributed by atoms with Crippen LogP contribution < -0.4 is 5.32 Å². The standard InChI is InChI=1S/C11H11F3N4O4S.HI/c1-5(10(23)15-2)16-9-7(17(19)20)3-6(11(12,13)14)4-8(9)18(21)22;/h3-5,16H,1-2H3,(H,15,23);1H. The molecule has 13 heteroatoms. The van der Waals surface area contributed by atoms with Crippen molar-refractivity contribution in [3.8, 4) is 0 Å². The third-order valence-corrected chi connectivity index (χ3v) is 3.38. The fourth-order valence-corrected chi connectivity index (χ4v) is 1.75. The van der Waals surface area contributed by atoms with Crippen molar-refractivity contribution in [1.29, 1.82) is 0 Å². The molecule has 0 amide bonds. The van der Waals surface area contributed by atoms with Gasteiger partial charge in [-0.05, 0) is 6.92 Å². The van der Waals surface area contributed by atoms with Crippen LogP contribution in [0.1, 0.15) is 12.5 Å². The Morgan fingerprint density at radius 2 is 1.67 bits per heavy atom. The second-order valence-corrected chi connectivity index (χ2v) is 4.81. The smallest absolute Gasteiger partial charge is 0.365 e. The van der Waals surface area contributed by atoms with Gasteiger partial charge >= 0.3 is 6.18 Å². The highest BCUT2D eigenvalue weighted by Crippen LogP contribution is 2.41. The van der Waals surface area contributed by atoms with Gasteiger partial charge in [-0.15, -0.1) is 36.6 Å². The summed E-state index contributed by atoms with van der Waals surface area (Å²) >= 11 is 3.96. The summed E-state index contributed by atoms with van der Waals surface area (Å²) in [5, 5.41) is 24.6. The molecule has 0 saturated carbocycles. The minimum absolute atomic E-state index is 0. The van der Waals surface area contributed by atoms with Crippen molar-refractivity contribution in [1.82, 2.24) is 0 Å². The van der Waals surface area contributed by atoms with Crippen LogP contribution in [-0.2, 0) is 6.18 Å². The largest absolute Gasteiger partial charge is 0.416 e. The van der Waals surface area contributed by atoms with Crippen LogP contribution in [0.2, 0.25) is 0 Å². The van der Waals surface area contributed by atoms with E-state index >= 15 is 0 Å². The zero-order chi connectivity index (χ0) is 17.9. The molecule has 0 saturated heterocycles. The summed E-state index contributed by atoms with van der Waals surface area (Å²) in [6.07, 6.45) is -4.96. The molecule has 0 fully saturated rings. The van der Waals surface area contributed by atoms with Crippen LogP contribution in [-0.4, -0.2) is 28.0 Å². The highest BCUT2D eigenvalue weighted by atomic mass is 127. The number of halogens is 4. The van der Waals surface area contributed by atoms with Crippen molar-refractivity contribution in [3.63, 3.8) is 0 Å². The number of nitro benzene ring substituents is 2. The number of rotatable bonds is 5. The van der Waals surface area contributed by atoms with Gasteiger partial charge in [0.2, 0.25) is 0 Å². The van der Waals surface area contributed by atoms with Gasteiger partial charge in [0.25, 0.3) is 11.4 Å². The van der Waals surface area contributed by atoms with E-state index in [-0.39, 0.29) is 41.2 Å². The Hall–Kier alpha value is -1.64. The van der Waals surface area contributed by atoms with E-state index in [2.05, 4.69) is 22.9 Å². The molecule has 0 aliphatic heterocycles. The van der Waals surface area contributed by atoms with E-state index in [1.165, 1.54) is 14.0 Å². The molecule has 1 N–H and O–H groups in total. The van der Waals surface area contributed by atoms with E-state index < -0.39 is 44.7 Å². The number of aliphatic imine (C=N–C) groups is 1. The van der Waals surface area contributed by atoms with Crippen molar-refractivity contribution in [3.05, 3.63) is 37.9 Å². The molecule has 0 spiro atoms. The number of alkyl halides is 3. The first kappa shape index (κ1) is 22.4. The molecule has 1 aromatic rings. The van der Waals surface area contributed by atoms with E-state index in [1.54, 1.807) is 0 Å². The normalized spacial score (nSPS) is 13.0. The van der Waals surface area contributed by atoms with Gasteiger partial charge < -0.3 is 5.32 Å². The minimum atomic E-state index is -4.96. The summed E-state index contributed by atoms with van der Waals surface area (Å²) in [7, 11) is 1.37. The summed E-state index contributed by atoms with van der Waals surface area (Å²) in [6, 6.07) is -0.301. The molecule has 1 rings (SSSR count). The van der Waals surface area contributed by atoms with Gasteiger partial charge in [0, 0.05) is 19.2 Å². The van der Waals surface area contributed by atoms with Gasteiger partial charge in [-0.1, -0.05) is 0 Å². The number of nitrogens with one attached hydrogen (secondary N) is 1. The lowest BCUT2D eigenvalue weighted by molar-refractivity contribution is -0.392. The lowest BCUT2D eigenvalue weighted by Crippen LogP contribution is -2.23. The minimum Gasteiger partial charge on any atom is -0.365 e. The molecule has 134 valence electrons. The third-order valence-electron chi connectivity index (χ3n) is 2.79. The highest BCUT2D eigenvalue weighted by Gasteiger charge is 2.38. The molecular weight excluding hydrogens is 468 g/mol. The topological polar surface area (TPSA) is 111 Å². The Morgan fingerprint density at radius 1 is 1.25 bits per heavy atom. The van der Waals surface area contributed by atoms with Gasteiger partial charge in [0.05, 0.1) is 26.5 Å². The van der Waals surface area contributed by atoms with Crippen molar-refractivity contribution < 1.29 is 23.0 Å². The van der Waals surface area contributed by atoms with Crippen LogP contribution in [0.5, 0.6) is 0 Å². The lowest BCUT2D eigenvalue weighted by Gasteiger charge is -2.15. The number of anilines is 1. The van der Waals surface area contributed by atoms with Crippen LogP contribution in [0.25, 0.3) is 0 Å². The van der Waals surface area contributed by atoms with Crippen molar-refractivity contribution in [2.45, 2.75) is 19.1 Å². The van der Waals surface area contributed by atoms with Gasteiger partial charge in [0.15, 0.2) is 5.69 Å². The van der Waals surface area contributed by atoms with Crippen LogP contribution in [0.3, 0.4) is 0 Å². The third kappa shape index (κ3) is 5.19. The van der Waals surface area contributed by atoms with E-state index in [9.17, 15) is 33.4 Å². The lowest BCUT2D eigenvalue weighted by atomic mass is 10.1. The van der Waals surface area contributed by atoms with Crippen LogP contribution >= 0.6 is 36.6 Å². The monoisotopic (exact) mass is 480 g/mol. The summed E-state index contributed by atoms with van der Waals surface area (Å²) in [6.45, 7) is 1.44.